The van der Waals surface area contributed by atoms with Gasteiger partial charge < -0.3 is 9.47 Å². The van der Waals surface area contributed by atoms with Gasteiger partial charge in [0.25, 0.3) is 0 Å². The lowest BCUT2D eigenvalue weighted by Crippen LogP contribution is -2.23. The van der Waals surface area contributed by atoms with Crippen molar-refractivity contribution in [3.63, 3.8) is 0 Å². The van der Waals surface area contributed by atoms with Crippen LogP contribution in [-0.4, -0.2) is 22.0 Å². The number of benzene rings is 3. The molecule has 0 fully saturated rings. The van der Waals surface area contributed by atoms with Gasteiger partial charge >= 0.3 is 5.97 Å². The highest BCUT2D eigenvalue weighted by Crippen LogP contribution is 2.39. The molecule has 3 rings (SSSR count). The van der Waals surface area contributed by atoms with E-state index < -0.39 is 16.4 Å². The molecule has 0 saturated heterocycles. The molecule has 0 heterocycles. The first-order chi connectivity index (χ1) is 15.6. The minimum absolute atomic E-state index is 0.310. The molecule has 0 N–H and O–H groups in total. The average molecular weight is 465 g/mol. The molecule has 0 spiro atoms. The Morgan fingerprint density at radius 3 is 2.18 bits per heavy atom. The molecule has 0 aromatic heterocycles. The van der Waals surface area contributed by atoms with Gasteiger partial charge in [0, 0.05) is 11.8 Å². The van der Waals surface area contributed by atoms with Crippen LogP contribution < -0.4 is 4.74 Å². The van der Waals surface area contributed by atoms with Crippen molar-refractivity contribution in [3.05, 3.63) is 83.4 Å². The van der Waals surface area contributed by atoms with Gasteiger partial charge in [-0.05, 0) is 69.0 Å². The Kier molecular flexibility index (Phi) is 7.75. The van der Waals surface area contributed by atoms with Crippen LogP contribution in [0.1, 0.15) is 62.2 Å². The highest BCUT2D eigenvalue weighted by atomic mass is 32.2. The van der Waals surface area contributed by atoms with Crippen molar-refractivity contribution in [3.8, 4) is 16.9 Å². The van der Waals surface area contributed by atoms with Crippen LogP contribution in [0.2, 0.25) is 0 Å². The van der Waals surface area contributed by atoms with Gasteiger partial charge in [-0.15, -0.1) is 0 Å². The summed E-state index contributed by atoms with van der Waals surface area (Å²) in [6.45, 7) is 9.61. The molecule has 0 saturated carbocycles. The molecule has 3 aromatic carbocycles. The third-order valence-corrected chi connectivity index (χ3v) is 6.23. The molecule has 33 heavy (non-hydrogen) atoms. The minimum atomic E-state index is -1.21. The zero-order chi connectivity index (χ0) is 24.2. The molecule has 0 aliphatic rings. The lowest BCUT2D eigenvalue weighted by atomic mass is 9.97. The summed E-state index contributed by atoms with van der Waals surface area (Å²) in [5.74, 6) is 0.274. The fourth-order valence-corrected chi connectivity index (χ4v) is 4.33. The zero-order valence-corrected chi connectivity index (χ0v) is 21.0. The van der Waals surface area contributed by atoms with E-state index in [9.17, 15) is 9.00 Å². The van der Waals surface area contributed by atoms with E-state index in [0.29, 0.717) is 16.2 Å². The van der Waals surface area contributed by atoms with Crippen LogP contribution >= 0.6 is 0 Å². The van der Waals surface area contributed by atoms with Crippen molar-refractivity contribution >= 4 is 16.8 Å². The van der Waals surface area contributed by atoms with Crippen LogP contribution in [0.4, 0.5) is 0 Å². The Bertz CT molecular complexity index is 1140. The third-order valence-electron chi connectivity index (χ3n) is 5.29. The molecule has 0 bridgehead atoms. The van der Waals surface area contributed by atoms with E-state index in [1.54, 1.807) is 18.4 Å². The second-order valence-electron chi connectivity index (χ2n) is 8.98. The Labute approximate surface area is 199 Å². The SMILES string of the molecule is CCc1ccccc1-c1cccc(S(C)=O)c1OC(C)c1ccc(C(=O)OC(C)(C)C)cc1. The molecule has 0 aliphatic heterocycles. The summed E-state index contributed by atoms with van der Waals surface area (Å²) in [6.07, 6.45) is 2.24. The summed E-state index contributed by atoms with van der Waals surface area (Å²) >= 11 is 0. The molecule has 0 radical (unpaired) electrons. The smallest absolute Gasteiger partial charge is 0.338 e. The molecular weight excluding hydrogens is 432 g/mol. The molecule has 0 aliphatic carbocycles. The first-order valence-corrected chi connectivity index (χ1v) is 12.7. The number of rotatable bonds is 7. The lowest BCUT2D eigenvalue weighted by Gasteiger charge is -2.22. The van der Waals surface area contributed by atoms with E-state index in [2.05, 4.69) is 19.1 Å². The molecule has 4 nitrogen and oxygen atoms in total. The fraction of sp³-hybridized carbons (Fsp3) is 0.321. The number of hydrogen-bond donors (Lipinski definition) is 0. The van der Waals surface area contributed by atoms with E-state index in [0.717, 1.165) is 23.1 Å². The predicted octanol–water partition coefficient (Wildman–Crippen LogP) is 6.75. The van der Waals surface area contributed by atoms with E-state index in [-0.39, 0.29) is 12.1 Å². The molecular formula is C28H32O4S. The molecule has 2 unspecified atom stereocenters. The van der Waals surface area contributed by atoms with Gasteiger partial charge in [-0.25, -0.2) is 4.79 Å². The number of ether oxygens (including phenoxy) is 2. The lowest BCUT2D eigenvalue weighted by molar-refractivity contribution is 0.00694. The second kappa shape index (κ2) is 10.3. The number of esters is 1. The number of carbonyl (C=O) groups is 1. The molecule has 2 atom stereocenters. The first-order valence-electron chi connectivity index (χ1n) is 11.2. The first kappa shape index (κ1) is 24.7. The van der Waals surface area contributed by atoms with Crippen LogP contribution in [0.3, 0.4) is 0 Å². The number of carbonyl (C=O) groups excluding carboxylic acids is 1. The van der Waals surface area contributed by atoms with Crippen LogP contribution in [-0.2, 0) is 22.0 Å². The summed E-state index contributed by atoms with van der Waals surface area (Å²) < 4.78 is 24.4. The van der Waals surface area contributed by atoms with Gasteiger partial charge in [0.1, 0.15) is 17.5 Å². The Morgan fingerprint density at radius 1 is 0.939 bits per heavy atom. The van der Waals surface area contributed by atoms with E-state index in [1.807, 2.05) is 70.2 Å². The average Bonchev–Trinajstić information content (AvgIpc) is 2.78. The van der Waals surface area contributed by atoms with Crippen LogP contribution in [0, 0.1) is 0 Å². The van der Waals surface area contributed by atoms with Gasteiger partial charge in [-0.3, -0.25) is 4.21 Å². The van der Waals surface area contributed by atoms with Gasteiger partial charge in [-0.2, -0.15) is 0 Å². The maximum absolute atomic E-state index is 12.5. The van der Waals surface area contributed by atoms with Gasteiger partial charge in [0.15, 0.2) is 0 Å². The summed E-state index contributed by atoms with van der Waals surface area (Å²) in [5, 5.41) is 0. The predicted molar refractivity (Wildman–Crippen MR) is 134 cm³/mol. The summed E-state index contributed by atoms with van der Waals surface area (Å²) in [4.78, 5) is 13.0. The van der Waals surface area contributed by atoms with Crippen LogP contribution in [0.5, 0.6) is 5.75 Å². The zero-order valence-electron chi connectivity index (χ0n) is 20.2. The molecule has 0 amide bonds. The van der Waals surface area contributed by atoms with Gasteiger partial charge in [0.05, 0.1) is 21.3 Å². The van der Waals surface area contributed by atoms with Crippen molar-refractivity contribution in [1.29, 1.82) is 0 Å². The third kappa shape index (κ3) is 6.11. The van der Waals surface area contributed by atoms with Crippen molar-refractivity contribution in [2.45, 2.75) is 57.6 Å². The largest absolute Gasteiger partial charge is 0.484 e. The van der Waals surface area contributed by atoms with E-state index >= 15 is 0 Å². The molecule has 174 valence electrons. The van der Waals surface area contributed by atoms with Gasteiger partial charge in [-0.1, -0.05) is 55.5 Å². The topological polar surface area (TPSA) is 52.6 Å². The van der Waals surface area contributed by atoms with Crippen molar-refractivity contribution in [2.24, 2.45) is 0 Å². The Hall–Kier alpha value is -2.92. The summed E-state index contributed by atoms with van der Waals surface area (Å²) in [6, 6.07) is 21.2. The number of aryl methyl sites for hydroxylation is 1. The normalized spacial score (nSPS) is 13.3. The highest BCUT2D eigenvalue weighted by Gasteiger charge is 2.21. The summed E-state index contributed by atoms with van der Waals surface area (Å²) in [5.41, 5.74) is 4.07. The highest BCUT2D eigenvalue weighted by molar-refractivity contribution is 7.84. The minimum Gasteiger partial charge on any atom is -0.484 e. The van der Waals surface area contributed by atoms with Gasteiger partial charge in [0.2, 0.25) is 0 Å². The quantitative estimate of drug-likeness (QED) is 0.363. The molecule has 5 heteroatoms. The fourth-order valence-electron chi connectivity index (χ4n) is 3.64. The van der Waals surface area contributed by atoms with Crippen molar-refractivity contribution in [2.75, 3.05) is 6.26 Å². The Balaban J connectivity index is 1.94. The number of para-hydroxylation sites is 1. The van der Waals surface area contributed by atoms with E-state index in [1.165, 1.54) is 5.56 Å². The number of hydrogen-bond acceptors (Lipinski definition) is 4. The van der Waals surface area contributed by atoms with E-state index in [4.69, 9.17) is 9.47 Å². The maximum atomic E-state index is 12.5. The standard InChI is InChI=1S/C28H32O4S/c1-7-20-11-8-9-12-23(20)24-13-10-14-25(33(6)30)26(24)31-19(2)21-15-17-22(18-16-21)27(29)32-28(3,4)5/h8-19H,7H2,1-6H3. The second-order valence-corrected chi connectivity index (χ2v) is 10.3. The monoisotopic (exact) mass is 464 g/mol. The van der Waals surface area contributed by atoms with Crippen molar-refractivity contribution in [1.82, 2.24) is 0 Å². The van der Waals surface area contributed by atoms with Crippen LogP contribution in [0.25, 0.3) is 11.1 Å². The van der Waals surface area contributed by atoms with Crippen molar-refractivity contribution < 1.29 is 18.5 Å². The maximum Gasteiger partial charge on any atom is 0.338 e. The summed E-state index contributed by atoms with van der Waals surface area (Å²) in [7, 11) is -1.21. The van der Waals surface area contributed by atoms with Crippen LogP contribution in [0.15, 0.2) is 71.6 Å². The molecule has 3 aromatic rings. The Morgan fingerprint density at radius 2 is 1.58 bits per heavy atom.